The second-order valence-electron chi connectivity index (χ2n) is 5.75. The van der Waals surface area contributed by atoms with Gasteiger partial charge in [0.1, 0.15) is 5.75 Å². The number of nitrogens with one attached hydrogen (secondary N) is 1. The normalized spacial score (nSPS) is 19.9. The van der Waals surface area contributed by atoms with Crippen molar-refractivity contribution in [1.82, 2.24) is 0 Å². The van der Waals surface area contributed by atoms with Crippen molar-refractivity contribution in [2.75, 3.05) is 5.32 Å². The fourth-order valence-electron chi connectivity index (χ4n) is 3.32. The Hall–Kier alpha value is -2.47. The van der Waals surface area contributed by atoms with Crippen molar-refractivity contribution in [2.45, 2.75) is 32.2 Å². The molecule has 21 heavy (non-hydrogen) atoms. The molecule has 0 bridgehead atoms. The predicted octanol–water partition coefficient (Wildman–Crippen LogP) is 4.23. The first-order valence-electron chi connectivity index (χ1n) is 7.19. The highest BCUT2D eigenvalue weighted by Crippen LogP contribution is 2.47. The summed E-state index contributed by atoms with van der Waals surface area (Å²) in [7, 11) is 0. The van der Waals surface area contributed by atoms with Gasteiger partial charge in [0.05, 0.1) is 17.7 Å². The van der Waals surface area contributed by atoms with E-state index in [-0.39, 0.29) is 6.04 Å². The van der Waals surface area contributed by atoms with Crippen molar-refractivity contribution in [3.63, 3.8) is 0 Å². The minimum absolute atomic E-state index is 0.114. The molecule has 106 valence electrons. The quantitative estimate of drug-likeness (QED) is 0.864. The number of nitrogens with zero attached hydrogens (tertiary/aromatic N) is 1. The lowest BCUT2D eigenvalue weighted by Crippen LogP contribution is -2.07. The number of phenolic OH excluding ortho intramolecular Hbond substituents is 1. The Bertz CT molecular complexity index is 713. The Balaban J connectivity index is 1.92. The largest absolute Gasteiger partial charge is 0.508 e. The number of aryl methyl sites for hydroxylation is 1. The van der Waals surface area contributed by atoms with Gasteiger partial charge >= 0.3 is 0 Å². The van der Waals surface area contributed by atoms with Gasteiger partial charge in [-0.25, -0.2) is 0 Å². The average Bonchev–Trinajstić information content (AvgIpc) is 2.81. The van der Waals surface area contributed by atoms with Gasteiger partial charge in [0.25, 0.3) is 0 Å². The molecule has 0 aromatic heterocycles. The number of fused-ring (bicyclic) bond motifs is 1. The van der Waals surface area contributed by atoms with Gasteiger partial charge in [-0.2, -0.15) is 5.26 Å². The maximum absolute atomic E-state index is 10.2. The molecule has 0 fully saturated rings. The molecule has 0 saturated heterocycles. The number of hydrogen-bond acceptors (Lipinski definition) is 3. The Morgan fingerprint density at radius 2 is 1.86 bits per heavy atom. The molecule has 2 atom stereocenters. The molecule has 2 aromatic rings. The van der Waals surface area contributed by atoms with Gasteiger partial charge in [0.15, 0.2) is 0 Å². The average molecular weight is 278 g/mol. The van der Waals surface area contributed by atoms with Gasteiger partial charge in [-0.1, -0.05) is 13.0 Å². The highest BCUT2D eigenvalue weighted by atomic mass is 16.3. The van der Waals surface area contributed by atoms with Crippen molar-refractivity contribution < 1.29 is 5.11 Å². The second kappa shape index (κ2) is 5.14. The summed E-state index contributed by atoms with van der Waals surface area (Å²) in [4.78, 5) is 0. The highest BCUT2D eigenvalue weighted by Gasteiger charge is 2.32. The first kappa shape index (κ1) is 13.5. The van der Waals surface area contributed by atoms with Crippen LogP contribution in [0.5, 0.6) is 5.75 Å². The van der Waals surface area contributed by atoms with Gasteiger partial charge in [-0.3, -0.25) is 0 Å². The molecule has 1 aliphatic carbocycles. The van der Waals surface area contributed by atoms with Gasteiger partial charge in [0, 0.05) is 11.3 Å². The van der Waals surface area contributed by atoms with E-state index in [2.05, 4.69) is 25.2 Å². The Labute approximate surface area is 124 Å². The van der Waals surface area contributed by atoms with E-state index >= 15 is 0 Å². The molecular formula is C18H18N2O. The zero-order chi connectivity index (χ0) is 15.0. The molecule has 2 aromatic carbocycles. The van der Waals surface area contributed by atoms with E-state index < -0.39 is 0 Å². The standard InChI is InChI=1S/C18H18N2O/c1-11-3-8-16(21)18-15(9-12(2)17(11)18)20-14-6-4-13(10-19)5-7-14/h3-8,12,15,20-21H,9H2,1-2H3. The molecule has 0 amide bonds. The molecule has 3 nitrogen and oxygen atoms in total. The molecule has 0 spiro atoms. The van der Waals surface area contributed by atoms with Gasteiger partial charge in [-0.15, -0.1) is 0 Å². The van der Waals surface area contributed by atoms with Gasteiger partial charge in [-0.05, 0) is 60.7 Å². The number of nitriles is 1. The monoisotopic (exact) mass is 278 g/mol. The zero-order valence-corrected chi connectivity index (χ0v) is 12.2. The zero-order valence-electron chi connectivity index (χ0n) is 12.2. The molecular weight excluding hydrogens is 260 g/mol. The number of aromatic hydroxyl groups is 1. The molecule has 0 saturated carbocycles. The third-order valence-electron chi connectivity index (χ3n) is 4.27. The van der Waals surface area contributed by atoms with Gasteiger partial charge in [0.2, 0.25) is 0 Å². The number of hydrogen-bond donors (Lipinski definition) is 2. The first-order valence-corrected chi connectivity index (χ1v) is 7.19. The Morgan fingerprint density at radius 1 is 1.14 bits per heavy atom. The number of rotatable bonds is 2. The van der Waals surface area contributed by atoms with Crippen LogP contribution in [0, 0.1) is 18.3 Å². The predicted molar refractivity (Wildman–Crippen MR) is 83.4 cm³/mol. The summed E-state index contributed by atoms with van der Waals surface area (Å²) in [5, 5.41) is 22.5. The van der Waals surface area contributed by atoms with Crippen LogP contribution < -0.4 is 5.32 Å². The van der Waals surface area contributed by atoms with Crippen LogP contribution in [0.2, 0.25) is 0 Å². The minimum atomic E-state index is 0.114. The fourth-order valence-corrected chi connectivity index (χ4v) is 3.32. The van der Waals surface area contributed by atoms with Crippen LogP contribution in [-0.4, -0.2) is 5.11 Å². The van der Waals surface area contributed by atoms with Crippen LogP contribution >= 0.6 is 0 Å². The van der Waals surface area contributed by atoms with Crippen LogP contribution in [-0.2, 0) is 0 Å². The van der Waals surface area contributed by atoms with Crippen molar-refractivity contribution >= 4 is 5.69 Å². The lowest BCUT2D eigenvalue weighted by Gasteiger charge is -2.17. The van der Waals surface area contributed by atoms with Crippen LogP contribution in [0.3, 0.4) is 0 Å². The Kier molecular flexibility index (Phi) is 3.31. The lowest BCUT2D eigenvalue weighted by atomic mass is 9.97. The third kappa shape index (κ3) is 2.34. The van der Waals surface area contributed by atoms with Crippen molar-refractivity contribution in [3.05, 3.63) is 58.7 Å². The number of benzene rings is 2. The van der Waals surface area contributed by atoms with Crippen LogP contribution in [0.4, 0.5) is 5.69 Å². The third-order valence-corrected chi connectivity index (χ3v) is 4.27. The summed E-state index contributed by atoms with van der Waals surface area (Å²) in [6, 6.07) is 13.4. The summed E-state index contributed by atoms with van der Waals surface area (Å²) in [5.74, 6) is 0.800. The van der Waals surface area contributed by atoms with E-state index in [0.717, 1.165) is 17.7 Å². The summed E-state index contributed by atoms with van der Waals surface area (Å²) in [6.45, 7) is 4.30. The van der Waals surface area contributed by atoms with E-state index in [1.54, 1.807) is 18.2 Å². The summed E-state index contributed by atoms with van der Waals surface area (Å²) in [6.07, 6.45) is 0.966. The van der Waals surface area contributed by atoms with E-state index in [1.807, 2.05) is 18.2 Å². The van der Waals surface area contributed by atoms with Gasteiger partial charge < -0.3 is 10.4 Å². The van der Waals surface area contributed by atoms with Crippen LogP contribution in [0.25, 0.3) is 0 Å². The Morgan fingerprint density at radius 3 is 2.52 bits per heavy atom. The van der Waals surface area contributed by atoms with Crippen molar-refractivity contribution in [2.24, 2.45) is 0 Å². The van der Waals surface area contributed by atoms with E-state index in [9.17, 15) is 5.11 Å². The molecule has 2 N–H and O–H groups in total. The van der Waals surface area contributed by atoms with E-state index in [4.69, 9.17) is 5.26 Å². The maximum Gasteiger partial charge on any atom is 0.121 e. The van der Waals surface area contributed by atoms with Crippen LogP contribution in [0.15, 0.2) is 36.4 Å². The fraction of sp³-hybridized carbons (Fsp3) is 0.278. The molecule has 1 aliphatic rings. The SMILES string of the molecule is Cc1ccc(O)c2c1C(C)CC2Nc1ccc(C#N)cc1. The van der Waals surface area contributed by atoms with Crippen molar-refractivity contribution in [1.29, 1.82) is 5.26 Å². The molecule has 3 heteroatoms. The van der Waals surface area contributed by atoms with E-state index in [0.29, 0.717) is 17.2 Å². The summed E-state index contributed by atoms with van der Waals surface area (Å²) < 4.78 is 0. The molecule has 0 aliphatic heterocycles. The number of phenols is 1. The summed E-state index contributed by atoms with van der Waals surface area (Å²) in [5.41, 5.74) is 5.15. The molecule has 3 rings (SSSR count). The van der Waals surface area contributed by atoms with Crippen molar-refractivity contribution in [3.8, 4) is 11.8 Å². The number of anilines is 1. The minimum Gasteiger partial charge on any atom is -0.508 e. The lowest BCUT2D eigenvalue weighted by molar-refractivity contribution is 0.465. The smallest absolute Gasteiger partial charge is 0.121 e. The maximum atomic E-state index is 10.2. The highest BCUT2D eigenvalue weighted by molar-refractivity contribution is 5.56. The topological polar surface area (TPSA) is 56.0 Å². The molecule has 0 heterocycles. The van der Waals surface area contributed by atoms with Crippen LogP contribution in [0.1, 0.15) is 47.6 Å². The van der Waals surface area contributed by atoms with E-state index in [1.165, 1.54) is 11.1 Å². The molecule has 2 unspecified atom stereocenters. The summed E-state index contributed by atoms with van der Waals surface area (Å²) >= 11 is 0. The first-order chi connectivity index (χ1) is 10.1. The molecule has 0 radical (unpaired) electrons. The second-order valence-corrected chi connectivity index (χ2v) is 5.75.